The largest absolute Gasteiger partial charge is 0.342 e. The van der Waals surface area contributed by atoms with E-state index in [-0.39, 0.29) is 5.91 Å². The molecule has 22 heavy (non-hydrogen) atoms. The standard InChI is InChI=1S/C17H26N4O/c1-5-17(22)21-7-6-16(12(2)11-21)19-10-14-8-15(9-18)20(4)13(14)3/h8,12,16,19H,5-7,10-11H2,1-4H3/t12-,16+/m0/s1. The SMILES string of the molecule is CCC(=O)N1CC[C@@H](NCc2cc(C#N)n(C)c2C)[C@@H](C)C1. The normalized spacial score (nSPS) is 21.7. The lowest BCUT2D eigenvalue weighted by Crippen LogP contribution is -2.49. The molecule has 1 aromatic heterocycles. The number of piperidine rings is 1. The van der Waals surface area contributed by atoms with Gasteiger partial charge < -0.3 is 14.8 Å². The summed E-state index contributed by atoms with van der Waals surface area (Å²) in [4.78, 5) is 13.8. The van der Waals surface area contributed by atoms with E-state index in [1.807, 2.05) is 36.4 Å². The summed E-state index contributed by atoms with van der Waals surface area (Å²) in [5.41, 5.74) is 3.01. The predicted molar refractivity (Wildman–Crippen MR) is 86.1 cm³/mol. The van der Waals surface area contributed by atoms with E-state index < -0.39 is 0 Å². The summed E-state index contributed by atoms with van der Waals surface area (Å²) in [5, 5.41) is 12.7. The van der Waals surface area contributed by atoms with E-state index in [0.29, 0.717) is 24.1 Å². The Balaban J connectivity index is 1.93. The summed E-state index contributed by atoms with van der Waals surface area (Å²) in [7, 11) is 1.93. The van der Waals surface area contributed by atoms with Gasteiger partial charge in [-0.15, -0.1) is 0 Å². The van der Waals surface area contributed by atoms with Gasteiger partial charge in [-0.05, 0) is 30.9 Å². The average molecular weight is 302 g/mol. The molecule has 2 atom stereocenters. The average Bonchev–Trinajstić information content (AvgIpc) is 2.80. The van der Waals surface area contributed by atoms with Crippen LogP contribution in [0.5, 0.6) is 0 Å². The van der Waals surface area contributed by atoms with Crippen LogP contribution in [-0.4, -0.2) is 34.5 Å². The van der Waals surface area contributed by atoms with E-state index in [1.165, 1.54) is 5.56 Å². The van der Waals surface area contributed by atoms with Crippen molar-refractivity contribution >= 4 is 5.91 Å². The molecule has 1 amide bonds. The number of carbonyl (C=O) groups excluding carboxylic acids is 1. The fourth-order valence-electron chi connectivity index (χ4n) is 3.19. The van der Waals surface area contributed by atoms with E-state index in [9.17, 15) is 4.79 Å². The molecule has 0 aromatic carbocycles. The van der Waals surface area contributed by atoms with E-state index in [4.69, 9.17) is 5.26 Å². The number of amides is 1. The van der Waals surface area contributed by atoms with Crippen LogP contribution in [0.1, 0.15) is 43.6 Å². The number of nitrogens with one attached hydrogen (secondary N) is 1. The Bertz CT molecular complexity index is 584. The third-order valence-corrected chi connectivity index (χ3v) is 4.87. The molecule has 0 bridgehead atoms. The molecule has 1 aliphatic rings. The van der Waals surface area contributed by atoms with Crippen LogP contribution in [0, 0.1) is 24.2 Å². The fourth-order valence-corrected chi connectivity index (χ4v) is 3.19. The molecule has 0 radical (unpaired) electrons. The van der Waals surface area contributed by atoms with Gasteiger partial charge in [0, 0.05) is 44.8 Å². The molecule has 1 saturated heterocycles. The lowest BCUT2D eigenvalue weighted by molar-refractivity contribution is -0.132. The summed E-state index contributed by atoms with van der Waals surface area (Å²) in [6.07, 6.45) is 1.58. The van der Waals surface area contributed by atoms with E-state index in [0.717, 1.165) is 31.7 Å². The van der Waals surface area contributed by atoms with Gasteiger partial charge in [-0.2, -0.15) is 5.26 Å². The number of aromatic nitrogens is 1. The summed E-state index contributed by atoms with van der Waals surface area (Å²) in [6.45, 7) is 8.61. The summed E-state index contributed by atoms with van der Waals surface area (Å²) >= 11 is 0. The van der Waals surface area contributed by atoms with Crippen LogP contribution in [0.3, 0.4) is 0 Å². The number of likely N-dealkylation sites (tertiary alicyclic amines) is 1. The van der Waals surface area contributed by atoms with E-state index >= 15 is 0 Å². The molecule has 2 rings (SSSR count). The number of carbonyl (C=O) groups is 1. The summed E-state index contributed by atoms with van der Waals surface area (Å²) in [6, 6.07) is 4.60. The molecule has 0 unspecified atom stereocenters. The van der Waals surface area contributed by atoms with Crippen LogP contribution in [0.25, 0.3) is 0 Å². The van der Waals surface area contributed by atoms with E-state index in [2.05, 4.69) is 18.3 Å². The minimum absolute atomic E-state index is 0.253. The van der Waals surface area contributed by atoms with Crippen LogP contribution in [0.2, 0.25) is 0 Å². The van der Waals surface area contributed by atoms with Crippen molar-refractivity contribution in [3.63, 3.8) is 0 Å². The van der Waals surface area contributed by atoms with Crippen molar-refractivity contribution in [3.8, 4) is 6.07 Å². The Labute approximate surface area is 132 Å². The number of nitriles is 1. The maximum Gasteiger partial charge on any atom is 0.222 e. The number of nitrogens with zero attached hydrogens (tertiary/aromatic N) is 3. The van der Waals surface area contributed by atoms with Gasteiger partial charge in [0.1, 0.15) is 11.8 Å². The van der Waals surface area contributed by atoms with Crippen molar-refractivity contribution in [2.75, 3.05) is 13.1 Å². The van der Waals surface area contributed by atoms with Crippen molar-refractivity contribution in [2.24, 2.45) is 13.0 Å². The molecular weight excluding hydrogens is 276 g/mol. The molecule has 1 N–H and O–H groups in total. The third kappa shape index (κ3) is 3.33. The minimum atomic E-state index is 0.253. The molecule has 0 spiro atoms. The van der Waals surface area contributed by atoms with Gasteiger partial charge in [0.05, 0.1) is 0 Å². The first kappa shape index (κ1) is 16.6. The predicted octanol–water partition coefficient (Wildman–Crippen LogP) is 1.94. The van der Waals surface area contributed by atoms with Crippen LogP contribution < -0.4 is 5.32 Å². The van der Waals surface area contributed by atoms with Crippen LogP contribution in [0.4, 0.5) is 0 Å². The van der Waals surface area contributed by atoms with Gasteiger partial charge in [0.15, 0.2) is 0 Å². The zero-order valence-corrected chi connectivity index (χ0v) is 14.0. The number of hydrogen-bond donors (Lipinski definition) is 1. The molecule has 1 fully saturated rings. The second-order valence-electron chi connectivity index (χ2n) is 6.26. The van der Waals surface area contributed by atoms with E-state index in [1.54, 1.807) is 0 Å². The second kappa shape index (κ2) is 6.97. The van der Waals surface area contributed by atoms with Gasteiger partial charge in [-0.25, -0.2) is 0 Å². The van der Waals surface area contributed by atoms with Crippen molar-refractivity contribution in [1.29, 1.82) is 5.26 Å². The summed E-state index contributed by atoms with van der Waals surface area (Å²) in [5.74, 6) is 0.701. The summed E-state index contributed by atoms with van der Waals surface area (Å²) < 4.78 is 1.93. The Morgan fingerprint density at radius 3 is 2.82 bits per heavy atom. The highest BCUT2D eigenvalue weighted by Crippen LogP contribution is 2.19. The van der Waals surface area contributed by atoms with Gasteiger partial charge >= 0.3 is 0 Å². The monoisotopic (exact) mass is 302 g/mol. The van der Waals surface area contributed by atoms with Crippen molar-refractivity contribution < 1.29 is 4.79 Å². The maximum absolute atomic E-state index is 11.8. The minimum Gasteiger partial charge on any atom is -0.342 e. The smallest absolute Gasteiger partial charge is 0.222 e. The first-order valence-corrected chi connectivity index (χ1v) is 8.04. The topological polar surface area (TPSA) is 61.1 Å². The second-order valence-corrected chi connectivity index (χ2v) is 6.26. The maximum atomic E-state index is 11.8. The Morgan fingerprint density at radius 1 is 1.55 bits per heavy atom. The molecule has 5 nitrogen and oxygen atoms in total. The van der Waals surface area contributed by atoms with Crippen molar-refractivity contribution in [2.45, 2.75) is 46.2 Å². The lowest BCUT2D eigenvalue weighted by atomic mass is 9.93. The highest BCUT2D eigenvalue weighted by atomic mass is 16.2. The highest BCUT2D eigenvalue weighted by Gasteiger charge is 2.27. The van der Waals surface area contributed by atoms with Crippen molar-refractivity contribution in [1.82, 2.24) is 14.8 Å². The van der Waals surface area contributed by atoms with Gasteiger partial charge in [-0.3, -0.25) is 4.79 Å². The third-order valence-electron chi connectivity index (χ3n) is 4.87. The first-order chi connectivity index (χ1) is 10.5. The lowest BCUT2D eigenvalue weighted by Gasteiger charge is -2.37. The van der Waals surface area contributed by atoms with Crippen molar-refractivity contribution in [3.05, 3.63) is 23.0 Å². The molecule has 1 aliphatic heterocycles. The number of hydrogen-bond acceptors (Lipinski definition) is 3. The van der Waals surface area contributed by atoms with Gasteiger partial charge in [0.2, 0.25) is 5.91 Å². The van der Waals surface area contributed by atoms with Gasteiger partial charge in [0.25, 0.3) is 0 Å². The molecule has 2 heterocycles. The van der Waals surface area contributed by atoms with Crippen LogP contribution >= 0.6 is 0 Å². The van der Waals surface area contributed by atoms with Crippen LogP contribution in [0.15, 0.2) is 6.07 Å². The molecule has 5 heteroatoms. The zero-order valence-electron chi connectivity index (χ0n) is 14.0. The van der Waals surface area contributed by atoms with Gasteiger partial charge in [-0.1, -0.05) is 13.8 Å². The quantitative estimate of drug-likeness (QED) is 0.924. The molecule has 120 valence electrons. The first-order valence-electron chi connectivity index (χ1n) is 8.04. The molecular formula is C17H26N4O. The Hall–Kier alpha value is -1.80. The zero-order chi connectivity index (χ0) is 16.3. The molecule has 0 aliphatic carbocycles. The highest BCUT2D eigenvalue weighted by molar-refractivity contribution is 5.75. The molecule has 1 aromatic rings. The molecule has 0 saturated carbocycles. The van der Waals surface area contributed by atoms with Crippen LogP contribution in [-0.2, 0) is 18.4 Å². The number of rotatable bonds is 4. The Kier molecular flexibility index (Phi) is 5.25. The fraction of sp³-hybridized carbons (Fsp3) is 0.647. The Morgan fingerprint density at radius 2 is 2.27 bits per heavy atom.